The van der Waals surface area contributed by atoms with Gasteiger partial charge in [-0.1, -0.05) is 94.3 Å². The summed E-state index contributed by atoms with van der Waals surface area (Å²) in [4.78, 5) is 28.0. The molecule has 0 saturated carbocycles. The van der Waals surface area contributed by atoms with E-state index in [9.17, 15) is 14.7 Å². The van der Waals surface area contributed by atoms with Gasteiger partial charge in [-0.25, -0.2) is 4.79 Å². The number of amides is 2. The minimum absolute atomic E-state index is 0.00825. The molecule has 2 unspecified atom stereocenters. The standard InChI is InChI=1S/C29H41N3O4/c1-5-6-17-24(26(33)27(34)30-21(2)23-15-11-8-12-16-23)31-28(35)36-25-18-29(3,4)20-32(25)19-22-13-9-7-10-14-22/h7-16,21,24-26,33H,5-6,17-20H2,1-4H3,(H,30,34)(H,31,35)/t21-,24+,25?,26?/m1/s1. The number of nitrogens with one attached hydrogen (secondary N) is 2. The van der Waals surface area contributed by atoms with Crippen LogP contribution >= 0.6 is 0 Å². The Labute approximate surface area is 215 Å². The molecule has 1 fully saturated rings. The topological polar surface area (TPSA) is 90.9 Å². The van der Waals surface area contributed by atoms with Crippen molar-refractivity contribution in [2.75, 3.05) is 6.54 Å². The van der Waals surface area contributed by atoms with Gasteiger partial charge in [-0.2, -0.15) is 0 Å². The number of nitrogens with zero attached hydrogens (tertiary/aromatic N) is 1. The van der Waals surface area contributed by atoms with Crippen LogP contribution in [0.3, 0.4) is 0 Å². The molecule has 3 rings (SSSR count). The Balaban J connectivity index is 1.62. The third kappa shape index (κ3) is 8.07. The molecule has 1 heterocycles. The van der Waals surface area contributed by atoms with Crippen molar-refractivity contribution in [1.29, 1.82) is 0 Å². The molecule has 0 aliphatic carbocycles. The quantitative estimate of drug-likeness (QED) is 0.418. The summed E-state index contributed by atoms with van der Waals surface area (Å²) in [6, 6.07) is 18.7. The molecular weight excluding hydrogens is 454 g/mol. The second kappa shape index (κ2) is 12.9. The fourth-order valence-electron chi connectivity index (χ4n) is 4.76. The number of carbonyl (C=O) groups excluding carboxylic acids is 2. The van der Waals surface area contributed by atoms with Crippen LogP contribution in [0, 0.1) is 5.41 Å². The van der Waals surface area contributed by atoms with Crippen LogP contribution in [0.15, 0.2) is 60.7 Å². The van der Waals surface area contributed by atoms with Crippen LogP contribution in [-0.4, -0.2) is 46.9 Å². The predicted octanol–water partition coefficient (Wildman–Crippen LogP) is 4.77. The first-order valence-corrected chi connectivity index (χ1v) is 13.0. The summed E-state index contributed by atoms with van der Waals surface area (Å²) in [6.07, 6.45) is 0.463. The molecule has 1 aliphatic heterocycles. The van der Waals surface area contributed by atoms with Crippen LogP contribution < -0.4 is 10.6 Å². The van der Waals surface area contributed by atoms with Gasteiger partial charge >= 0.3 is 6.09 Å². The van der Waals surface area contributed by atoms with E-state index >= 15 is 0 Å². The summed E-state index contributed by atoms with van der Waals surface area (Å²) >= 11 is 0. The van der Waals surface area contributed by atoms with E-state index in [0.29, 0.717) is 19.4 Å². The molecule has 0 radical (unpaired) electrons. The Morgan fingerprint density at radius 3 is 2.36 bits per heavy atom. The van der Waals surface area contributed by atoms with E-state index in [-0.39, 0.29) is 17.7 Å². The summed E-state index contributed by atoms with van der Waals surface area (Å²) in [5.74, 6) is -0.513. The van der Waals surface area contributed by atoms with E-state index < -0.39 is 24.1 Å². The molecule has 1 saturated heterocycles. The number of aliphatic hydroxyl groups excluding tert-OH is 1. The number of benzene rings is 2. The number of unbranched alkanes of at least 4 members (excludes halogenated alkanes) is 1. The molecule has 2 amide bonds. The second-order valence-corrected chi connectivity index (χ2v) is 10.6. The van der Waals surface area contributed by atoms with Gasteiger partial charge in [-0.3, -0.25) is 9.69 Å². The molecule has 36 heavy (non-hydrogen) atoms. The third-order valence-electron chi connectivity index (χ3n) is 6.72. The van der Waals surface area contributed by atoms with Crippen molar-refractivity contribution in [1.82, 2.24) is 15.5 Å². The Kier molecular flexibility index (Phi) is 9.90. The first-order valence-electron chi connectivity index (χ1n) is 13.0. The fourth-order valence-corrected chi connectivity index (χ4v) is 4.76. The zero-order chi connectivity index (χ0) is 26.1. The average molecular weight is 496 g/mol. The lowest BCUT2D eigenvalue weighted by molar-refractivity contribution is -0.131. The first kappa shape index (κ1) is 27.7. The number of likely N-dealkylation sites (tertiary alicyclic amines) is 1. The molecular formula is C29H41N3O4. The van der Waals surface area contributed by atoms with Crippen molar-refractivity contribution in [3.05, 3.63) is 71.8 Å². The normalized spacial score (nSPS) is 19.8. The van der Waals surface area contributed by atoms with Crippen LogP contribution in [0.5, 0.6) is 0 Å². The smallest absolute Gasteiger partial charge is 0.409 e. The largest absolute Gasteiger partial charge is 0.430 e. The van der Waals surface area contributed by atoms with Gasteiger partial charge in [0.2, 0.25) is 0 Å². The highest BCUT2D eigenvalue weighted by Crippen LogP contribution is 2.35. The molecule has 2 aromatic carbocycles. The Hall–Kier alpha value is -2.90. The van der Waals surface area contributed by atoms with Gasteiger partial charge in [0.15, 0.2) is 12.3 Å². The molecule has 0 spiro atoms. The predicted molar refractivity (Wildman–Crippen MR) is 141 cm³/mol. The molecule has 1 aliphatic rings. The van der Waals surface area contributed by atoms with E-state index in [0.717, 1.165) is 30.5 Å². The van der Waals surface area contributed by atoms with Crippen LogP contribution in [0.4, 0.5) is 4.79 Å². The van der Waals surface area contributed by atoms with E-state index in [2.05, 4.69) is 41.5 Å². The minimum atomic E-state index is -1.38. The molecule has 2 aromatic rings. The number of alkyl carbamates (subject to hydrolysis) is 1. The molecule has 4 atom stereocenters. The van der Waals surface area contributed by atoms with E-state index in [1.54, 1.807) is 0 Å². The SMILES string of the molecule is CCCC[C@H](NC(=O)OC1CC(C)(C)CN1Cc1ccccc1)C(O)C(=O)N[C@H](C)c1ccccc1. The summed E-state index contributed by atoms with van der Waals surface area (Å²) in [7, 11) is 0. The number of hydrogen-bond donors (Lipinski definition) is 3. The number of hydrogen-bond acceptors (Lipinski definition) is 5. The highest BCUT2D eigenvalue weighted by Gasteiger charge is 2.40. The van der Waals surface area contributed by atoms with Crippen molar-refractivity contribution in [2.24, 2.45) is 5.41 Å². The van der Waals surface area contributed by atoms with E-state index in [1.165, 1.54) is 0 Å². The van der Waals surface area contributed by atoms with Gasteiger partial charge in [-0.15, -0.1) is 0 Å². The summed E-state index contributed by atoms with van der Waals surface area (Å²) in [5.41, 5.74) is 2.11. The zero-order valence-electron chi connectivity index (χ0n) is 21.9. The average Bonchev–Trinajstić information content (AvgIpc) is 3.14. The zero-order valence-corrected chi connectivity index (χ0v) is 21.9. The molecule has 3 N–H and O–H groups in total. The lowest BCUT2D eigenvalue weighted by Crippen LogP contribution is -2.51. The molecule has 0 aromatic heterocycles. The number of rotatable bonds is 11. The van der Waals surface area contributed by atoms with Gasteiger partial charge in [0.05, 0.1) is 12.1 Å². The maximum atomic E-state index is 12.9. The number of ether oxygens (including phenoxy) is 1. The minimum Gasteiger partial charge on any atom is -0.430 e. The number of carbonyl (C=O) groups is 2. The van der Waals surface area contributed by atoms with Crippen molar-refractivity contribution >= 4 is 12.0 Å². The summed E-state index contributed by atoms with van der Waals surface area (Å²) in [6.45, 7) is 9.72. The van der Waals surface area contributed by atoms with Crippen molar-refractivity contribution in [2.45, 2.75) is 84.3 Å². The molecule has 196 valence electrons. The summed E-state index contributed by atoms with van der Waals surface area (Å²) in [5, 5.41) is 16.5. The van der Waals surface area contributed by atoms with Gasteiger partial charge in [0.25, 0.3) is 5.91 Å². The Morgan fingerprint density at radius 1 is 1.08 bits per heavy atom. The fraction of sp³-hybridized carbons (Fsp3) is 0.517. The molecule has 7 heteroatoms. The first-order chi connectivity index (χ1) is 17.2. The van der Waals surface area contributed by atoms with Gasteiger partial charge in [0, 0.05) is 19.5 Å². The van der Waals surface area contributed by atoms with Crippen LogP contribution in [0.25, 0.3) is 0 Å². The van der Waals surface area contributed by atoms with Crippen LogP contribution in [0.1, 0.15) is 70.5 Å². The molecule has 7 nitrogen and oxygen atoms in total. The van der Waals surface area contributed by atoms with Gasteiger partial charge in [-0.05, 0) is 29.9 Å². The monoisotopic (exact) mass is 495 g/mol. The second-order valence-electron chi connectivity index (χ2n) is 10.6. The van der Waals surface area contributed by atoms with Crippen LogP contribution in [-0.2, 0) is 16.1 Å². The van der Waals surface area contributed by atoms with Crippen molar-refractivity contribution in [3.8, 4) is 0 Å². The lowest BCUT2D eigenvalue weighted by Gasteiger charge is -2.28. The lowest BCUT2D eigenvalue weighted by atomic mass is 9.93. The number of aliphatic hydroxyl groups is 1. The van der Waals surface area contributed by atoms with Crippen molar-refractivity contribution < 1.29 is 19.4 Å². The summed E-state index contributed by atoms with van der Waals surface area (Å²) < 4.78 is 5.86. The maximum absolute atomic E-state index is 12.9. The van der Waals surface area contributed by atoms with Crippen molar-refractivity contribution in [3.63, 3.8) is 0 Å². The third-order valence-corrected chi connectivity index (χ3v) is 6.72. The highest BCUT2D eigenvalue weighted by molar-refractivity contribution is 5.82. The van der Waals surface area contributed by atoms with Crippen LogP contribution in [0.2, 0.25) is 0 Å². The molecule has 0 bridgehead atoms. The Morgan fingerprint density at radius 2 is 1.72 bits per heavy atom. The maximum Gasteiger partial charge on any atom is 0.409 e. The van der Waals surface area contributed by atoms with E-state index in [1.807, 2.05) is 62.4 Å². The highest BCUT2D eigenvalue weighted by atomic mass is 16.6. The van der Waals surface area contributed by atoms with Gasteiger partial charge in [0.1, 0.15) is 0 Å². The Bertz CT molecular complexity index is 967. The van der Waals surface area contributed by atoms with Gasteiger partial charge < -0.3 is 20.5 Å². The van der Waals surface area contributed by atoms with E-state index in [4.69, 9.17) is 4.74 Å².